The first kappa shape index (κ1) is 16.1. The summed E-state index contributed by atoms with van der Waals surface area (Å²) in [6.45, 7) is 3.55. The van der Waals surface area contributed by atoms with Gasteiger partial charge in [0, 0.05) is 31.6 Å². The number of ether oxygens (including phenoxy) is 1. The van der Waals surface area contributed by atoms with E-state index < -0.39 is 0 Å². The van der Waals surface area contributed by atoms with Gasteiger partial charge in [0.15, 0.2) is 0 Å². The van der Waals surface area contributed by atoms with Gasteiger partial charge >= 0.3 is 0 Å². The van der Waals surface area contributed by atoms with Crippen molar-refractivity contribution in [1.82, 2.24) is 9.80 Å². The minimum absolute atomic E-state index is 0.00987. The summed E-state index contributed by atoms with van der Waals surface area (Å²) in [5.41, 5.74) is 1.36. The summed E-state index contributed by atoms with van der Waals surface area (Å²) in [7, 11) is 2.20. The maximum absolute atomic E-state index is 12.2. The molecule has 3 fully saturated rings. The lowest BCUT2D eigenvalue weighted by atomic mass is 9.87. The van der Waals surface area contributed by atoms with E-state index in [4.69, 9.17) is 4.74 Å². The fourth-order valence-corrected chi connectivity index (χ4v) is 4.18. The third-order valence-electron chi connectivity index (χ3n) is 6.00. The molecule has 0 aromatic heterocycles. The van der Waals surface area contributed by atoms with Crippen LogP contribution in [-0.2, 0) is 16.1 Å². The molecule has 2 saturated heterocycles. The number of nitrogens with zero attached hydrogens (tertiary/aromatic N) is 2. The third-order valence-corrected chi connectivity index (χ3v) is 6.00. The predicted octanol–water partition coefficient (Wildman–Crippen LogP) is 2.68. The Morgan fingerprint density at radius 1 is 1.25 bits per heavy atom. The zero-order valence-corrected chi connectivity index (χ0v) is 14.6. The number of carbonyl (C=O) groups excluding carboxylic acids is 1. The molecule has 4 nitrogen and oxygen atoms in total. The van der Waals surface area contributed by atoms with E-state index in [1.54, 1.807) is 0 Å². The molecule has 4 rings (SSSR count). The van der Waals surface area contributed by atoms with Crippen LogP contribution in [0.25, 0.3) is 0 Å². The van der Waals surface area contributed by atoms with E-state index in [1.807, 2.05) is 0 Å². The van der Waals surface area contributed by atoms with Crippen LogP contribution in [0.3, 0.4) is 0 Å². The Morgan fingerprint density at radius 3 is 2.62 bits per heavy atom. The van der Waals surface area contributed by atoms with Gasteiger partial charge in [-0.25, -0.2) is 0 Å². The van der Waals surface area contributed by atoms with Gasteiger partial charge in [-0.05, 0) is 44.7 Å². The molecule has 1 amide bonds. The number of likely N-dealkylation sites (N-methyl/N-ethyl adjacent to an activating group) is 1. The molecule has 0 radical (unpaired) electrons. The second-order valence-corrected chi connectivity index (χ2v) is 7.85. The Hall–Kier alpha value is -1.39. The van der Waals surface area contributed by atoms with Gasteiger partial charge in [-0.3, -0.25) is 9.69 Å². The van der Waals surface area contributed by atoms with Crippen LogP contribution >= 0.6 is 0 Å². The Balaban J connectivity index is 1.30. The summed E-state index contributed by atoms with van der Waals surface area (Å²) in [5.74, 6) is 0.730. The summed E-state index contributed by atoms with van der Waals surface area (Å²) < 4.78 is 6.28. The van der Waals surface area contributed by atoms with Gasteiger partial charge < -0.3 is 9.64 Å². The van der Waals surface area contributed by atoms with E-state index in [-0.39, 0.29) is 5.60 Å². The summed E-state index contributed by atoms with van der Waals surface area (Å²) in [6, 6.07) is 11.1. The number of rotatable bonds is 4. The second-order valence-electron chi connectivity index (χ2n) is 7.85. The fraction of sp³-hybridized carbons (Fsp3) is 0.650. The van der Waals surface area contributed by atoms with Crippen molar-refractivity contribution >= 4 is 5.91 Å². The summed E-state index contributed by atoms with van der Waals surface area (Å²) in [4.78, 5) is 16.7. The van der Waals surface area contributed by atoms with Crippen molar-refractivity contribution in [3.8, 4) is 0 Å². The summed E-state index contributed by atoms with van der Waals surface area (Å²) in [5, 5.41) is 0. The van der Waals surface area contributed by atoms with E-state index in [2.05, 4.69) is 47.2 Å². The number of likely N-dealkylation sites (tertiary alicyclic amines) is 1. The number of amides is 1. The van der Waals surface area contributed by atoms with Crippen LogP contribution < -0.4 is 0 Å². The highest BCUT2D eigenvalue weighted by molar-refractivity contribution is 5.81. The minimum atomic E-state index is 0.00987. The van der Waals surface area contributed by atoms with Crippen LogP contribution in [0, 0.1) is 5.92 Å². The number of piperidine rings is 1. The van der Waals surface area contributed by atoms with Gasteiger partial charge in [-0.2, -0.15) is 0 Å². The second kappa shape index (κ2) is 6.49. The van der Waals surface area contributed by atoms with Crippen LogP contribution in [0.5, 0.6) is 0 Å². The largest absolute Gasteiger partial charge is 0.373 e. The standard InChI is InChI=1S/C20H28N2O2/c1-21(14-16-5-3-2-4-6-16)18-13-20(24-15-18)9-11-22(12-10-20)19(23)17-7-8-17/h2-6,17-18H,7-15H2,1H3/t18-/m0/s1. The lowest BCUT2D eigenvalue weighted by Crippen LogP contribution is -2.47. The topological polar surface area (TPSA) is 32.8 Å². The lowest BCUT2D eigenvalue weighted by molar-refractivity contribution is -0.137. The molecule has 2 aliphatic heterocycles. The average Bonchev–Trinajstić information content (AvgIpc) is 3.38. The van der Waals surface area contributed by atoms with Gasteiger partial charge in [0.05, 0.1) is 12.2 Å². The Kier molecular flexibility index (Phi) is 4.35. The molecule has 0 N–H and O–H groups in total. The van der Waals surface area contributed by atoms with Gasteiger partial charge in [0.25, 0.3) is 0 Å². The molecule has 1 saturated carbocycles. The number of hydrogen-bond acceptors (Lipinski definition) is 3. The quantitative estimate of drug-likeness (QED) is 0.852. The molecule has 0 unspecified atom stereocenters. The smallest absolute Gasteiger partial charge is 0.225 e. The molecule has 130 valence electrons. The highest BCUT2D eigenvalue weighted by Crippen LogP contribution is 2.39. The van der Waals surface area contributed by atoms with Crippen LogP contribution in [0.2, 0.25) is 0 Å². The molecule has 4 heteroatoms. The Morgan fingerprint density at radius 2 is 1.96 bits per heavy atom. The average molecular weight is 328 g/mol. The highest BCUT2D eigenvalue weighted by atomic mass is 16.5. The summed E-state index contributed by atoms with van der Waals surface area (Å²) >= 11 is 0. The van der Waals surface area contributed by atoms with Crippen molar-refractivity contribution in [2.75, 3.05) is 26.7 Å². The van der Waals surface area contributed by atoms with Gasteiger partial charge in [-0.15, -0.1) is 0 Å². The number of carbonyl (C=O) groups is 1. The first-order chi connectivity index (χ1) is 11.7. The Bertz CT molecular complexity index is 577. The zero-order valence-electron chi connectivity index (χ0n) is 14.6. The monoisotopic (exact) mass is 328 g/mol. The van der Waals surface area contributed by atoms with Crippen molar-refractivity contribution < 1.29 is 9.53 Å². The van der Waals surface area contributed by atoms with Crippen molar-refractivity contribution in [2.24, 2.45) is 5.92 Å². The molecule has 1 aromatic rings. The fourth-order valence-electron chi connectivity index (χ4n) is 4.18. The maximum atomic E-state index is 12.2. The molecular weight excluding hydrogens is 300 g/mol. The predicted molar refractivity (Wildman–Crippen MR) is 93.5 cm³/mol. The zero-order chi connectivity index (χ0) is 16.6. The first-order valence-electron chi connectivity index (χ1n) is 9.32. The van der Waals surface area contributed by atoms with E-state index in [0.717, 1.165) is 58.3 Å². The normalized spacial score (nSPS) is 26.2. The molecule has 1 aromatic carbocycles. The molecule has 1 aliphatic carbocycles. The molecule has 1 spiro atoms. The highest BCUT2D eigenvalue weighted by Gasteiger charge is 2.45. The van der Waals surface area contributed by atoms with Crippen molar-refractivity contribution in [2.45, 2.75) is 50.3 Å². The first-order valence-corrected chi connectivity index (χ1v) is 9.32. The van der Waals surface area contributed by atoms with E-state index in [1.165, 1.54) is 5.56 Å². The number of hydrogen-bond donors (Lipinski definition) is 0. The molecule has 2 heterocycles. The SMILES string of the molecule is CN(Cc1ccccc1)[C@@H]1COC2(CCN(C(=O)C3CC3)CC2)C1. The van der Waals surface area contributed by atoms with Crippen LogP contribution in [0.15, 0.2) is 30.3 Å². The third kappa shape index (κ3) is 3.35. The van der Waals surface area contributed by atoms with Crippen LogP contribution in [-0.4, -0.2) is 54.1 Å². The van der Waals surface area contributed by atoms with Crippen LogP contribution in [0.1, 0.15) is 37.7 Å². The van der Waals surface area contributed by atoms with Gasteiger partial charge in [-0.1, -0.05) is 30.3 Å². The van der Waals surface area contributed by atoms with E-state index in [0.29, 0.717) is 17.9 Å². The molecule has 1 atom stereocenters. The van der Waals surface area contributed by atoms with Crippen molar-refractivity contribution in [3.05, 3.63) is 35.9 Å². The molecular formula is C20H28N2O2. The van der Waals surface area contributed by atoms with Crippen molar-refractivity contribution in [3.63, 3.8) is 0 Å². The summed E-state index contributed by atoms with van der Waals surface area (Å²) in [6.07, 6.45) is 5.30. The molecule has 0 bridgehead atoms. The van der Waals surface area contributed by atoms with E-state index in [9.17, 15) is 4.79 Å². The van der Waals surface area contributed by atoms with Crippen LogP contribution in [0.4, 0.5) is 0 Å². The Labute approximate surface area is 144 Å². The van der Waals surface area contributed by atoms with Crippen molar-refractivity contribution in [1.29, 1.82) is 0 Å². The minimum Gasteiger partial charge on any atom is -0.373 e. The van der Waals surface area contributed by atoms with Gasteiger partial charge in [0.2, 0.25) is 5.91 Å². The maximum Gasteiger partial charge on any atom is 0.225 e. The number of benzene rings is 1. The van der Waals surface area contributed by atoms with Gasteiger partial charge in [0.1, 0.15) is 0 Å². The molecule has 3 aliphatic rings. The van der Waals surface area contributed by atoms with E-state index >= 15 is 0 Å². The lowest BCUT2D eigenvalue weighted by Gasteiger charge is -2.39. The molecule has 24 heavy (non-hydrogen) atoms.